The quantitative estimate of drug-likeness (QED) is 0.389. The van der Waals surface area contributed by atoms with Crippen LogP contribution in [0.5, 0.6) is 5.75 Å². The van der Waals surface area contributed by atoms with Crippen LogP contribution in [-0.4, -0.2) is 11.0 Å². The van der Waals surface area contributed by atoms with Crippen LogP contribution in [0.4, 0.5) is 4.39 Å². The Bertz CT molecular complexity index is 647. The Balaban J connectivity index is 2.19. The molecule has 0 atom stereocenters. The Kier molecular flexibility index (Phi) is 4.57. The molecule has 0 saturated carbocycles. The van der Waals surface area contributed by atoms with Crippen LogP contribution in [0.2, 0.25) is 0 Å². The van der Waals surface area contributed by atoms with Gasteiger partial charge in [-0.3, -0.25) is 0 Å². The number of hydrogen-bond acceptors (Lipinski definition) is 3. The van der Waals surface area contributed by atoms with Crippen molar-refractivity contribution in [3.8, 4) is 5.75 Å². The number of benzene rings is 2. The first-order valence-electron chi connectivity index (χ1n) is 5.75. The minimum absolute atomic E-state index is 0.0289. The lowest BCUT2D eigenvalue weighted by atomic mass is 10.2. The molecule has 0 fully saturated rings. The molecule has 0 heterocycles. The summed E-state index contributed by atoms with van der Waals surface area (Å²) in [5, 5.41) is 11.7. The van der Waals surface area contributed by atoms with E-state index in [1.165, 1.54) is 12.1 Å². The minimum Gasteiger partial charge on any atom is -0.488 e. The Morgan fingerprint density at radius 3 is 2.75 bits per heavy atom. The van der Waals surface area contributed by atoms with Gasteiger partial charge in [-0.1, -0.05) is 39.3 Å². The molecule has 0 saturated heterocycles. The van der Waals surface area contributed by atoms with Crippen LogP contribution >= 0.6 is 15.9 Å². The highest BCUT2D eigenvalue weighted by Crippen LogP contribution is 2.22. The largest absolute Gasteiger partial charge is 0.488 e. The molecule has 3 N–H and O–H groups in total. The monoisotopic (exact) mass is 338 g/mol. The zero-order valence-corrected chi connectivity index (χ0v) is 12.0. The van der Waals surface area contributed by atoms with E-state index in [9.17, 15) is 4.39 Å². The van der Waals surface area contributed by atoms with Gasteiger partial charge in [-0.2, -0.15) is 0 Å². The maximum Gasteiger partial charge on any atom is 0.173 e. The summed E-state index contributed by atoms with van der Waals surface area (Å²) in [6.45, 7) is 0.233. The Hall–Kier alpha value is -2.08. The summed E-state index contributed by atoms with van der Waals surface area (Å²) in [4.78, 5) is 0. The molecule has 0 aromatic heterocycles. The van der Waals surface area contributed by atoms with E-state index < -0.39 is 0 Å². The standard InChI is InChI=1S/C14H12BrFN2O2/c15-12-7-10(16)6-5-9(12)8-20-13-4-2-1-3-11(13)14(17)18-19/h1-7,19H,8H2,(H2,17,18). The average Bonchev–Trinajstić information content (AvgIpc) is 2.46. The van der Waals surface area contributed by atoms with Crippen LogP contribution < -0.4 is 10.5 Å². The van der Waals surface area contributed by atoms with Crippen molar-refractivity contribution in [3.05, 3.63) is 63.9 Å². The van der Waals surface area contributed by atoms with Crippen LogP contribution in [0.25, 0.3) is 0 Å². The van der Waals surface area contributed by atoms with Crippen molar-refractivity contribution in [1.82, 2.24) is 0 Å². The lowest BCUT2D eigenvalue weighted by Crippen LogP contribution is -2.14. The van der Waals surface area contributed by atoms with E-state index in [-0.39, 0.29) is 18.3 Å². The van der Waals surface area contributed by atoms with Crippen LogP contribution in [0.3, 0.4) is 0 Å². The van der Waals surface area contributed by atoms with Crippen molar-refractivity contribution in [2.75, 3.05) is 0 Å². The summed E-state index contributed by atoms with van der Waals surface area (Å²) in [7, 11) is 0. The summed E-state index contributed by atoms with van der Waals surface area (Å²) in [6, 6.07) is 11.3. The molecule has 2 aromatic rings. The number of nitrogens with zero attached hydrogens (tertiary/aromatic N) is 1. The Morgan fingerprint density at radius 2 is 2.05 bits per heavy atom. The van der Waals surface area contributed by atoms with Crippen LogP contribution in [0.1, 0.15) is 11.1 Å². The third-order valence-electron chi connectivity index (χ3n) is 2.67. The second-order valence-electron chi connectivity index (χ2n) is 4.01. The predicted molar refractivity (Wildman–Crippen MR) is 77.4 cm³/mol. The van der Waals surface area contributed by atoms with E-state index in [1.807, 2.05) is 0 Å². The first-order valence-corrected chi connectivity index (χ1v) is 6.54. The maximum absolute atomic E-state index is 13.0. The van der Waals surface area contributed by atoms with Crippen LogP contribution in [0.15, 0.2) is 52.1 Å². The molecule has 0 amide bonds. The normalized spacial score (nSPS) is 11.4. The third kappa shape index (κ3) is 3.27. The molecule has 0 aliphatic carbocycles. The fraction of sp³-hybridized carbons (Fsp3) is 0.0714. The topological polar surface area (TPSA) is 67.8 Å². The van der Waals surface area contributed by atoms with Crippen molar-refractivity contribution in [1.29, 1.82) is 0 Å². The summed E-state index contributed by atoms with van der Waals surface area (Å²) in [6.07, 6.45) is 0. The van der Waals surface area contributed by atoms with Gasteiger partial charge < -0.3 is 15.7 Å². The maximum atomic E-state index is 13.0. The molecule has 20 heavy (non-hydrogen) atoms. The Morgan fingerprint density at radius 1 is 1.30 bits per heavy atom. The molecule has 2 aromatic carbocycles. The number of oxime groups is 1. The van der Waals surface area contributed by atoms with Gasteiger partial charge in [0.05, 0.1) is 5.56 Å². The first-order chi connectivity index (χ1) is 9.61. The predicted octanol–water partition coefficient (Wildman–Crippen LogP) is 3.26. The summed E-state index contributed by atoms with van der Waals surface area (Å²) in [5.74, 6) is 0.135. The molecule has 0 radical (unpaired) electrons. The van der Waals surface area contributed by atoms with E-state index in [2.05, 4.69) is 21.1 Å². The van der Waals surface area contributed by atoms with Gasteiger partial charge in [0.25, 0.3) is 0 Å². The second-order valence-corrected chi connectivity index (χ2v) is 4.86. The fourth-order valence-corrected chi connectivity index (χ4v) is 2.12. The zero-order chi connectivity index (χ0) is 14.5. The lowest BCUT2D eigenvalue weighted by Gasteiger charge is -2.11. The summed E-state index contributed by atoms with van der Waals surface area (Å²) < 4.78 is 19.3. The number of rotatable bonds is 4. The zero-order valence-electron chi connectivity index (χ0n) is 10.4. The fourth-order valence-electron chi connectivity index (χ4n) is 1.65. The van der Waals surface area contributed by atoms with E-state index in [1.54, 1.807) is 30.3 Å². The number of hydrogen-bond donors (Lipinski definition) is 2. The van der Waals surface area contributed by atoms with Gasteiger partial charge in [0.15, 0.2) is 5.84 Å². The molecule has 2 rings (SSSR count). The SMILES string of the molecule is N/C(=N\O)c1ccccc1OCc1ccc(F)cc1Br. The molecule has 0 aliphatic heterocycles. The van der Waals surface area contributed by atoms with E-state index >= 15 is 0 Å². The minimum atomic E-state index is -0.322. The van der Waals surface area contributed by atoms with Crippen molar-refractivity contribution in [3.63, 3.8) is 0 Å². The molecular weight excluding hydrogens is 327 g/mol. The highest BCUT2D eigenvalue weighted by atomic mass is 79.9. The van der Waals surface area contributed by atoms with Crippen molar-refractivity contribution >= 4 is 21.8 Å². The van der Waals surface area contributed by atoms with Crippen molar-refractivity contribution in [2.24, 2.45) is 10.9 Å². The second kappa shape index (κ2) is 6.38. The molecular formula is C14H12BrFN2O2. The van der Waals surface area contributed by atoms with Crippen molar-refractivity contribution in [2.45, 2.75) is 6.61 Å². The number of halogens is 2. The smallest absolute Gasteiger partial charge is 0.173 e. The molecule has 104 valence electrons. The molecule has 0 unspecified atom stereocenters. The molecule has 6 heteroatoms. The number of nitrogens with two attached hydrogens (primary N) is 1. The summed E-state index contributed by atoms with van der Waals surface area (Å²) >= 11 is 3.27. The number of para-hydroxylation sites is 1. The number of ether oxygens (including phenoxy) is 1. The third-order valence-corrected chi connectivity index (χ3v) is 3.41. The van der Waals surface area contributed by atoms with Gasteiger partial charge in [-0.15, -0.1) is 0 Å². The lowest BCUT2D eigenvalue weighted by molar-refractivity contribution is 0.302. The van der Waals surface area contributed by atoms with Gasteiger partial charge in [0.2, 0.25) is 0 Å². The molecule has 0 spiro atoms. The van der Waals surface area contributed by atoms with Crippen molar-refractivity contribution < 1.29 is 14.3 Å². The highest BCUT2D eigenvalue weighted by Gasteiger charge is 2.09. The van der Waals surface area contributed by atoms with E-state index in [0.29, 0.717) is 15.8 Å². The van der Waals surface area contributed by atoms with Gasteiger partial charge in [0.1, 0.15) is 18.2 Å². The van der Waals surface area contributed by atoms with Gasteiger partial charge in [-0.25, -0.2) is 4.39 Å². The average molecular weight is 339 g/mol. The number of amidine groups is 1. The van der Waals surface area contributed by atoms with E-state index in [4.69, 9.17) is 15.7 Å². The molecule has 4 nitrogen and oxygen atoms in total. The molecule has 0 bridgehead atoms. The Labute approximate surface area is 123 Å². The van der Waals surface area contributed by atoms with Gasteiger partial charge in [0, 0.05) is 10.0 Å². The van der Waals surface area contributed by atoms with Crippen LogP contribution in [-0.2, 0) is 6.61 Å². The molecule has 0 aliphatic rings. The van der Waals surface area contributed by atoms with Crippen LogP contribution in [0, 0.1) is 5.82 Å². The highest BCUT2D eigenvalue weighted by molar-refractivity contribution is 9.10. The van der Waals surface area contributed by atoms with Gasteiger partial charge in [-0.05, 0) is 24.3 Å². The van der Waals surface area contributed by atoms with E-state index in [0.717, 1.165) is 5.56 Å². The first kappa shape index (κ1) is 14.3. The summed E-state index contributed by atoms with van der Waals surface area (Å²) in [5.41, 5.74) is 6.86. The van der Waals surface area contributed by atoms with Gasteiger partial charge >= 0.3 is 0 Å².